The Morgan fingerprint density at radius 3 is 2.95 bits per heavy atom. The number of guanidine groups is 1. The van der Waals surface area contributed by atoms with Crippen molar-refractivity contribution in [3.63, 3.8) is 0 Å². The zero-order chi connectivity index (χ0) is 13.9. The third-order valence-corrected chi connectivity index (χ3v) is 4.26. The van der Waals surface area contributed by atoms with Crippen molar-refractivity contribution in [1.82, 2.24) is 10.6 Å². The highest BCUT2D eigenvalue weighted by atomic mass is 32.2. The van der Waals surface area contributed by atoms with E-state index in [-0.39, 0.29) is 0 Å². The van der Waals surface area contributed by atoms with Gasteiger partial charge in [0.25, 0.3) is 0 Å². The molecule has 0 aliphatic carbocycles. The Labute approximate surface area is 124 Å². The van der Waals surface area contributed by atoms with Crippen LogP contribution in [0.2, 0.25) is 0 Å². The van der Waals surface area contributed by atoms with Crippen LogP contribution >= 0.6 is 23.1 Å². The number of hydrogen-bond donors (Lipinski definition) is 2. The molecule has 0 amide bonds. The van der Waals surface area contributed by atoms with E-state index >= 15 is 0 Å². The van der Waals surface area contributed by atoms with Gasteiger partial charge in [0.2, 0.25) is 0 Å². The number of rotatable bonds is 8. The SMILES string of the molecule is C=CCSCCNC(=NCc1ccc(C)s1)NCC. The second-order valence-electron chi connectivity index (χ2n) is 4.00. The summed E-state index contributed by atoms with van der Waals surface area (Å²) in [4.78, 5) is 7.23. The molecule has 0 saturated carbocycles. The fourth-order valence-electron chi connectivity index (χ4n) is 1.48. The van der Waals surface area contributed by atoms with Gasteiger partial charge in [-0.05, 0) is 26.0 Å². The molecule has 0 bridgehead atoms. The third-order valence-electron chi connectivity index (χ3n) is 2.31. The van der Waals surface area contributed by atoms with Gasteiger partial charge >= 0.3 is 0 Å². The number of hydrogen-bond acceptors (Lipinski definition) is 3. The van der Waals surface area contributed by atoms with E-state index in [2.05, 4.69) is 48.2 Å². The smallest absolute Gasteiger partial charge is 0.191 e. The van der Waals surface area contributed by atoms with Gasteiger partial charge in [-0.25, -0.2) is 4.99 Å². The first-order valence-electron chi connectivity index (χ1n) is 6.52. The average Bonchev–Trinajstić information content (AvgIpc) is 2.81. The Bertz CT molecular complexity index is 399. The Kier molecular flexibility index (Phi) is 8.41. The summed E-state index contributed by atoms with van der Waals surface area (Å²) in [5.74, 6) is 2.96. The van der Waals surface area contributed by atoms with Gasteiger partial charge in [0.1, 0.15) is 0 Å². The van der Waals surface area contributed by atoms with E-state index < -0.39 is 0 Å². The zero-order valence-corrected chi connectivity index (χ0v) is 13.4. The molecule has 5 heteroatoms. The molecular formula is C14H23N3S2. The Morgan fingerprint density at radius 1 is 1.47 bits per heavy atom. The highest BCUT2D eigenvalue weighted by Crippen LogP contribution is 2.15. The summed E-state index contributed by atoms with van der Waals surface area (Å²) in [5, 5.41) is 6.61. The molecule has 0 aromatic carbocycles. The van der Waals surface area contributed by atoms with Crippen LogP contribution in [0.25, 0.3) is 0 Å². The van der Waals surface area contributed by atoms with Gasteiger partial charge in [-0.1, -0.05) is 6.08 Å². The van der Waals surface area contributed by atoms with E-state index in [0.717, 1.165) is 37.1 Å². The summed E-state index contributed by atoms with van der Waals surface area (Å²) in [6, 6.07) is 4.29. The first-order valence-corrected chi connectivity index (χ1v) is 8.49. The molecule has 3 nitrogen and oxygen atoms in total. The minimum atomic E-state index is 0.744. The molecule has 1 heterocycles. The third kappa shape index (κ3) is 7.28. The van der Waals surface area contributed by atoms with E-state index in [1.54, 1.807) is 11.3 Å². The van der Waals surface area contributed by atoms with Crippen LogP contribution in [-0.4, -0.2) is 30.6 Å². The van der Waals surface area contributed by atoms with Crippen LogP contribution in [0.5, 0.6) is 0 Å². The molecule has 106 valence electrons. The molecule has 19 heavy (non-hydrogen) atoms. The Balaban J connectivity index is 2.35. The second kappa shape index (κ2) is 9.92. The fourth-order valence-corrected chi connectivity index (χ4v) is 2.87. The monoisotopic (exact) mass is 297 g/mol. The van der Waals surface area contributed by atoms with Crippen molar-refractivity contribution in [2.24, 2.45) is 4.99 Å². The van der Waals surface area contributed by atoms with E-state index in [1.807, 2.05) is 17.8 Å². The summed E-state index contributed by atoms with van der Waals surface area (Å²) < 4.78 is 0. The van der Waals surface area contributed by atoms with Crippen molar-refractivity contribution in [3.8, 4) is 0 Å². The molecule has 1 rings (SSSR count). The normalized spacial score (nSPS) is 11.4. The van der Waals surface area contributed by atoms with Gasteiger partial charge in [-0.3, -0.25) is 0 Å². The minimum Gasteiger partial charge on any atom is -0.357 e. The first-order chi connectivity index (χ1) is 9.26. The molecule has 0 fully saturated rings. The molecule has 0 atom stereocenters. The van der Waals surface area contributed by atoms with Crippen molar-refractivity contribution < 1.29 is 0 Å². The van der Waals surface area contributed by atoms with Crippen LogP contribution in [0, 0.1) is 6.92 Å². The number of nitrogens with one attached hydrogen (secondary N) is 2. The predicted molar refractivity (Wildman–Crippen MR) is 89.4 cm³/mol. The lowest BCUT2D eigenvalue weighted by Gasteiger charge is -2.10. The minimum absolute atomic E-state index is 0.744. The number of aliphatic imine (C=N–C) groups is 1. The van der Waals surface area contributed by atoms with Crippen molar-refractivity contribution in [2.45, 2.75) is 20.4 Å². The quantitative estimate of drug-likeness (QED) is 0.335. The Morgan fingerprint density at radius 2 is 2.32 bits per heavy atom. The molecule has 0 saturated heterocycles. The topological polar surface area (TPSA) is 36.4 Å². The van der Waals surface area contributed by atoms with Crippen molar-refractivity contribution in [1.29, 1.82) is 0 Å². The first kappa shape index (κ1) is 16.1. The molecule has 0 aliphatic rings. The van der Waals surface area contributed by atoms with Crippen molar-refractivity contribution in [2.75, 3.05) is 24.6 Å². The van der Waals surface area contributed by atoms with Crippen LogP contribution in [0.3, 0.4) is 0 Å². The molecule has 0 aliphatic heterocycles. The molecule has 0 unspecified atom stereocenters. The van der Waals surface area contributed by atoms with Crippen LogP contribution < -0.4 is 10.6 Å². The highest BCUT2D eigenvalue weighted by Gasteiger charge is 1.99. The van der Waals surface area contributed by atoms with E-state index in [1.165, 1.54) is 9.75 Å². The second-order valence-corrected chi connectivity index (χ2v) is 6.52. The van der Waals surface area contributed by atoms with E-state index in [9.17, 15) is 0 Å². The molecule has 0 radical (unpaired) electrons. The number of thiophene rings is 1. The van der Waals surface area contributed by atoms with Crippen LogP contribution in [0.4, 0.5) is 0 Å². The van der Waals surface area contributed by atoms with Gasteiger partial charge in [0.15, 0.2) is 5.96 Å². The van der Waals surface area contributed by atoms with Crippen LogP contribution in [0.15, 0.2) is 29.8 Å². The largest absolute Gasteiger partial charge is 0.357 e. The fraction of sp³-hybridized carbons (Fsp3) is 0.500. The summed E-state index contributed by atoms with van der Waals surface area (Å²) in [6.45, 7) is 10.5. The number of thioether (sulfide) groups is 1. The van der Waals surface area contributed by atoms with E-state index in [4.69, 9.17) is 0 Å². The van der Waals surface area contributed by atoms with Crippen molar-refractivity contribution >= 4 is 29.1 Å². The summed E-state index contributed by atoms with van der Waals surface area (Å²) in [7, 11) is 0. The van der Waals surface area contributed by atoms with Gasteiger partial charge < -0.3 is 10.6 Å². The lowest BCUT2D eigenvalue weighted by Crippen LogP contribution is -2.38. The van der Waals surface area contributed by atoms with E-state index in [0.29, 0.717) is 0 Å². The number of nitrogens with zero attached hydrogens (tertiary/aromatic N) is 1. The molecular weight excluding hydrogens is 274 g/mol. The van der Waals surface area contributed by atoms with Gasteiger partial charge in [-0.15, -0.1) is 17.9 Å². The lowest BCUT2D eigenvalue weighted by atomic mass is 10.4. The maximum atomic E-state index is 4.59. The van der Waals surface area contributed by atoms with Gasteiger partial charge in [0.05, 0.1) is 6.54 Å². The zero-order valence-electron chi connectivity index (χ0n) is 11.7. The standard InChI is InChI=1S/C14H23N3S2/c1-4-9-18-10-8-16-14(15-5-2)17-11-13-7-6-12(3)19-13/h4,6-7H,1,5,8-11H2,2-3H3,(H2,15,16,17). The molecule has 1 aromatic heterocycles. The molecule has 0 spiro atoms. The van der Waals surface area contributed by atoms with Gasteiger partial charge in [0, 0.05) is 34.3 Å². The summed E-state index contributed by atoms with van der Waals surface area (Å²) in [5.41, 5.74) is 0. The van der Waals surface area contributed by atoms with Crippen molar-refractivity contribution in [3.05, 3.63) is 34.5 Å². The van der Waals surface area contributed by atoms with Crippen LogP contribution in [-0.2, 0) is 6.54 Å². The van der Waals surface area contributed by atoms with Gasteiger partial charge in [-0.2, -0.15) is 11.8 Å². The van der Waals surface area contributed by atoms with Crippen LogP contribution in [0.1, 0.15) is 16.7 Å². The summed E-state index contributed by atoms with van der Waals surface area (Å²) >= 11 is 3.67. The maximum Gasteiger partial charge on any atom is 0.191 e. The average molecular weight is 297 g/mol. The predicted octanol–water partition coefficient (Wildman–Crippen LogP) is 3.03. The lowest BCUT2D eigenvalue weighted by molar-refractivity contribution is 0.845. The Hall–Kier alpha value is -0.940. The molecule has 1 aromatic rings. The summed E-state index contributed by atoms with van der Waals surface area (Å²) in [6.07, 6.45) is 1.93. The molecule has 2 N–H and O–H groups in total. The number of aryl methyl sites for hydroxylation is 1. The highest BCUT2D eigenvalue weighted by molar-refractivity contribution is 7.99. The maximum absolute atomic E-state index is 4.59.